The van der Waals surface area contributed by atoms with Crippen molar-refractivity contribution < 1.29 is 27.5 Å². The van der Waals surface area contributed by atoms with Gasteiger partial charge in [0.05, 0.1) is 25.0 Å². The molecule has 0 bridgehead atoms. The maximum Gasteiger partial charge on any atom is 0.240 e. The molecule has 2 heterocycles. The van der Waals surface area contributed by atoms with Crippen LogP contribution in [0.2, 0.25) is 0 Å². The molecular weight excluding hydrogens is 460 g/mol. The third-order valence-electron chi connectivity index (χ3n) is 5.69. The topological polar surface area (TPSA) is 127 Å². The number of hydrogen-bond acceptors (Lipinski definition) is 7. The van der Waals surface area contributed by atoms with Gasteiger partial charge in [-0.25, -0.2) is 18.1 Å². The first-order valence-corrected chi connectivity index (χ1v) is 12.5. The van der Waals surface area contributed by atoms with Crippen molar-refractivity contribution in [3.63, 3.8) is 0 Å². The van der Waals surface area contributed by atoms with Gasteiger partial charge in [-0.15, -0.1) is 0 Å². The summed E-state index contributed by atoms with van der Waals surface area (Å²) >= 11 is 0. The number of carbonyl (C=O) groups is 2. The molecule has 2 aromatic rings. The van der Waals surface area contributed by atoms with Gasteiger partial charge in [0.2, 0.25) is 21.8 Å². The number of anilines is 1. The van der Waals surface area contributed by atoms with Crippen LogP contribution in [0.15, 0.2) is 41.4 Å². The number of benzene rings is 1. The molecule has 2 N–H and O–H groups in total. The van der Waals surface area contributed by atoms with Gasteiger partial charge in [0.15, 0.2) is 11.5 Å². The summed E-state index contributed by atoms with van der Waals surface area (Å²) < 4.78 is 37.9. The van der Waals surface area contributed by atoms with E-state index in [-0.39, 0.29) is 35.6 Å². The smallest absolute Gasteiger partial charge is 0.240 e. The summed E-state index contributed by atoms with van der Waals surface area (Å²) in [6.07, 6.45) is 2.97. The molecule has 1 fully saturated rings. The molecule has 1 aromatic carbocycles. The first-order valence-electron chi connectivity index (χ1n) is 11.0. The zero-order valence-electron chi connectivity index (χ0n) is 19.5. The lowest BCUT2D eigenvalue weighted by atomic mass is 9.96. The third kappa shape index (κ3) is 6.23. The molecule has 3 rings (SSSR count). The summed E-state index contributed by atoms with van der Waals surface area (Å²) in [5.74, 6) is 0.497. The molecule has 1 atom stereocenters. The Hall–Kier alpha value is -3.18. The number of aryl methyl sites for hydroxylation is 1. The van der Waals surface area contributed by atoms with Crippen LogP contribution in [0.1, 0.15) is 24.8 Å². The number of nitrogens with zero attached hydrogens (tertiary/aromatic N) is 2. The predicted molar refractivity (Wildman–Crippen MR) is 126 cm³/mol. The van der Waals surface area contributed by atoms with Crippen LogP contribution in [-0.2, 0) is 19.6 Å². The van der Waals surface area contributed by atoms with Gasteiger partial charge in [0, 0.05) is 38.3 Å². The zero-order chi connectivity index (χ0) is 24.7. The van der Waals surface area contributed by atoms with E-state index in [0.717, 1.165) is 5.56 Å². The number of carbonyl (C=O) groups excluding carboxylic acids is 2. The minimum Gasteiger partial charge on any atom is -0.493 e. The predicted octanol–water partition coefficient (Wildman–Crippen LogP) is 1.95. The normalized spacial score (nSPS) is 16.1. The number of sulfonamides is 1. The molecule has 1 unspecified atom stereocenters. The second-order valence-electron chi connectivity index (χ2n) is 8.00. The van der Waals surface area contributed by atoms with Gasteiger partial charge >= 0.3 is 0 Å². The number of piperidine rings is 1. The standard InChI is InChI=1S/C23H30N4O6S/c1-16-6-4-11-24-22(16)26-23(29)17-7-5-13-27(15-17)21(28)10-12-25-34(30,31)18-8-9-19(32-2)20(14-18)33-3/h4,6,8-9,11,14,17,25H,5,7,10,12-13,15H2,1-3H3,(H,24,26,29). The zero-order valence-corrected chi connectivity index (χ0v) is 20.4. The van der Waals surface area contributed by atoms with Crippen LogP contribution in [-0.4, -0.2) is 64.0 Å². The lowest BCUT2D eigenvalue weighted by molar-refractivity contribution is -0.134. The highest BCUT2D eigenvalue weighted by Gasteiger charge is 2.29. The van der Waals surface area contributed by atoms with Crippen LogP contribution in [0.4, 0.5) is 5.82 Å². The number of likely N-dealkylation sites (tertiary alicyclic amines) is 1. The van der Waals surface area contributed by atoms with Crippen LogP contribution < -0.4 is 19.5 Å². The maximum absolute atomic E-state index is 12.7. The molecule has 1 saturated heterocycles. The summed E-state index contributed by atoms with van der Waals surface area (Å²) in [5, 5.41) is 2.84. The first kappa shape index (κ1) is 25.4. The number of amides is 2. The fourth-order valence-corrected chi connectivity index (χ4v) is 4.82. The van der Waals surface area contributed by atoms with Crippen molar-refractivity contribution in [2.24, 2.45) is 5.92 Å². The molecule has 184 valence electrons. The highest BCUT2D eigenvalue weighted by Crippen LogP contribution is 2.29. The van der Waals surface area contributed by atoms with E-state index in [1.807, 2.05) is 13.0 Å². The van der Waals surface area contributed by atoms with Gasteiger partial charge < -0.3 is 19.7 Å². The van der Waals surface area contributed by atoms with Gasteiger partial charge in [-0.2, -0.15) is 0 Å². The van der Waals surface area contributed by atoms with Gasteiger partial charge in [-0.05, 0) is 43.5 Å². The number of nitrogens with one attached hydrogen (secondary N) is 2. The van der Waals surface area contributed by atoms with E-state index in [1.54, 1.807) is 17.2 Å². The van der Waals surface area contributed by atoms with E-state index in [4.69, 9.17) is 9.47 Å². The molecule has 0 spiro atoms. The monoisotopic (exact) mass is 490 g/mol. The highest BCUT2D eigenvalue weighted by molar-refractivity contribution is 7.89. The lowest BCUT2D eigenvalue weighted by Gasteiger charge is -2.32. The van der Waals surface area contributed by atoms with Crippen LogP contribution in [0, 0.1) is 12.8 Å². The van der Waals surface area contributed by atoms with Crippen molar-refractivity contribution in [1.29, 1.82) is 0 Å². The maximum atomic E-state index is 12.7. The Kier molecular flexibility index (Phi) is 8.46. The fraction of sp³-hybridized carbons (Fsp3) is 0.435. The molecule has 34 heavy (non-hydrogen) atoms. The molecule has 11 heteroatoms. The van der Waals surface area contributed by atoms with Crippen LogP contribution in [0.5, 0.6) is 11.5 Å². The van der Waals surface area contributed by atoms with E-state index in [0.29, 0.717) is 43.2 Å². The van der Waals surface area contributed by atoms with Crippen molar-refractivity contribution in [2.75, 3.05) is 39.2 Å². The minimum atomic E-state index is -3.83. The fourth-order valence-electron chi connectivity index (χ4n) is 3.77. The summed E-state index contributed by atoms with van der Waals surface area (Å²) in [4.78, 5) is 31.2. The van der Waals surface area contributed by atoms with Gasteiger partial charge in [-0.1, -0.05) is 6.07 Å². The number of rotatable bonds is 9. The van der Waals surface area contributed by atoms with E-state index >= 15 is 0 Å². The van der Waals surface area contributed by atoms with Crippen molar-refractivity contribution in [1.82, 2.24) is 14.6 Å². The highest BCUT2D eigenvalue weighted by atomic mass is 32.2. The molecular formula is C23H30N4O6S. The lowest BCUT2D eigenvalue weighted by Crippen LogP contribution is -2.44. The number of methoxy groups -OCH3 is 2. The summed E-state index contributed by atoms with van der Waals surface area (Å²) in [6, 6.07) is 7.93. The molecule has 1 aliphatic rings. The summed E-state index contributed by atoms with van der Waals surface area (Å²) in [6.45, 7) is 2.63. The Morgan fingerprint density at radius 3 is 2.65 bits per heavy atom. The first-order chi connectivity index (χ1) is 16.2. The summed E-state index contributed by atoms with van der Waals surface area (Å²) in [7, 11) is -0.951. The molecule has 2 amide bonds. The van der Waals surface area contributed by atoms with Crippen LogP contribution in [0.25, 0.3) is 0 Å². The van der Waals surface area contributed by atoms with E-state index < -0.39 is 10.0 Å². The van der Waals surface area contributed by atoms with E-state index in [9.17, 15) is 18.0 Å². The third-order valence-corrected chi connectivity index (χ3v) is 7.15. The number of hydrogen-bond donors (Lipinski definition) is 2. The molecule has 0 aliphatic carbocycles. The Labute approximate surface area is 199 Å². The van der Waals surface area contributed by atoms with Crippen molar-refractivity contribution >= 4 is 27.7 Å². The molecule has 1 aromatic heterocycles. The number of pyridine rings is 1. The van der Waals surface area contributed by atoms with Crippen molar-refractivity contribution in [3.8, 4) is 11.5 Å². The minimum absolute atomic E-state index is 0.0112. The number of aromatic nitrogens is 1. The SMILES string of the molecule is COc1ccc(S(=O)(=O)NCCC(=O)N2CCCC(C(=O)Nc3ncccc3C)C2)cc1OC. The Balaban J connectivity index is 1.53. The molecule has 10 nitrogen and oxygen atoms in total. The number of ether oxygens (including phenoxy) is 2. The molecule has 1 aliphatic heterocycles. The molecule has 0 saturated carbocycles. The van der Waals surface area contributed by atoms with Crippen molar-refractivity contribution in [2.45, 2.75) is 31.1 Å². The average Bonchev–Trinajstić information content (AvgIpc) is 2.84. The Morgan fingerprint density at radius 2 is 1.94 bits per heavy atom. The second kappa shape index (κ2) is 11.3. The van der Waals surface area contributed by atoms with E-state index in [2.05, 4.69) is 15.0 Å². The average molecular weight is 491 g/mol. The molecule has 0 radical (unpaired) electrons. The largest absolute Gasteiger partial charge is 0.493 e. The quantitative estimate of drug-likeness (QED) is 0.550. The Bertz CT molecular complexity index is 1140. The van der Waals surface area contributed by atoms with Crippen LogP contribution >= 0.6 is 0 Å². The second-order valence-corrected chi connectivity index (χ2v) is 9.77. The van der Waals surface area contributed by atoms with Gasteiger partial charge in [-0.3, -0.25) is 9.59 Å². The van der Waals surface area contributed by atoms with E-state index in [1.165, 1.54) is 32.4 Å². The van der Waals surface area contributed by atoms with Crippen molar-refractivity contribution in [3.05, 3.63) is 42.1 Å². The van der Waals surface area contributed by atoms with Gasteiger partial charge in [0.25, 0.3) is 0 Å². The van der Waals surface area contributed by atoms with Crippen LogP contribution in [0.3, 0.4) is 0 Å². The van der Waals surface area contributed by atoms with Gasteiger partial charge in [0.1, 0.15) is 5.82 Å². The Morgan fingerprint density at radius 1 is 1.18 bits per heavy atom. The summed E-state index contributed by atoms with van der Waals surface area (Å²) in [5.41, 5.74) is 0.862.